The van der Waals surface area contributed by atoms with Crippen LogP contribution in [-0.4, -0.2) is 22.1 Å². The fourth-order valence-corrected chi connectivity index (χ4v) is 4.46. The quantitative estimate of drug-likeness (QED) is 0.873. The smallest absolute Gasteiger partial charge is 0.268 e. The van der Waals surface area contributed by atoms with Crippen LogP contribution in [0.1, 0.15) is 12.0 Å². The van der Waals surface area contributed by atoms with Crippen molar-refractivity contribution in [2.75, 3.05) is 18.0 Å². The number of ether oxygens (including phenoxy) is 1. The zero-order chi connectivity index (χ0) is 15.7. The molecule has 0 N–H and O–H groups in total. The Morgan fingerprint density at radius 2 is 1.91 bits per heavy atom. The SMILES string of the molecule is COc1ccccc1S(=O)(=O)N1CCCc2cccc(F)c21. The van der Waals surface area contributed by atoms with Gasteiger partial charge in [-0.3, -0.25) is 4.31 Å². The van der Waals surface area contributed by atoms with Gasteiger partial charge in [0.05, 0.1) is 12.8 Å². The second-order valence-corrected chi connectivity index (χ2v) is 6.91. The topological polar surface area (TPSA) is 46.6 Å². The van der Waals surface area contributed by atoms with E-state index in [1.807, 2.05) is 0 Å². The molecule has 0 saturated carbocycles. The Bertz CT molecular complexity index is 805. The number of sulfonamides is 1. The lowest BCUT2D eigenvalue weighted by atomic mass is 10.0. The van der Waals surface area contributed by atoms with E-state index in [4.69, 9.17) is 4.74 Å². The van der Waals surface area contributed by atoms with Crippen LogP contribution in [0, 0.1) is 5.82 Å². The number of fused-ring (bicyclic) bond motifs is 1. The van der Waals surface area contributed by atoms with Gasteiger partial charge in [-0.2, -0.15) is 0 Å². The van der Waals surface area contributed by atoms with E-state index in [1.54, 1.807) is 30.3 Å². The van der Waals surface area contributed by atoms with Gasteiger partial charge in [-0.25, -0.2) is 12.8 Å². The maximum atomic E-state index is 14.2. The Hall–Kier alpha value is -2.08. The molecule has 0 spiro atoms. The van der Waals surface area contributed by atoms with Crippen LogP contribution < -0.4 is 9.04 Å². The van der Waals surface area contributed by atoms with Crippen molar-refractivity contribution >= 4 is 15.7 Å². The Balaban J connectivity index is 2.16. The second-order valence-electron chi connectivity index (χ2n) is 5.08. The Morgan fingerprint density at radius 1 is 1.14 bits per heavy atom. The Morgan fingerprint density at radius 3 is 2.68 bits per heavy atom. The molecule has 0 aliphatic carbocycles. The first kappa shape index (κ1) is 14.8. The molecule has 0 unspecified atom stereocenters. The van der Waals surface area contributed by atoms with E-state index in [-0.39, 0.29) is 22.9 Å². The van der Waals surface area contributed by atoms with Crippen molar-refractivity contribution in [2.45, 2.75) is 17.7 Å². The van der Waals surface area contributed by atoms with Crippen LogP contribution in [0.4, 0.5) is 10.1 Å². The summed E-state index contributed by atoms with van der Waals surface area (Å²) in [5, 5.41) is 0. The van der Waals surface area contributed by atoms with Gasteiger partial charge in [0, 0.05) is 6.54 Å². The predicted molar refractivity (Wildman–Crippen MR) is 82.2 cm³/mol. The fourth-order valence-electron chi connectivity index (χ4n) is 2.76. The standard InChI is InChI=1S/C16H16FNO3S/c1-21-14-9-2-3-10-15(14)22(19,20)18-11-5-7-12-6-4-8-13(17)16(12)18/h2-4,6,8-10H,5,7,11H2,1H3. The number of para-hydroxylation sites is 2. The molecule has 1 aliphatic heterocycles. The number of nitrogens with zero attached hydrogens (tertiary/aromatic N) is 1. The average Bonchev–Trinajstić information content (AvgIpc) is 2.54. The van der Waals surface area contributed by atoms with Gasteiger partial charge < -0.3 is 4.74 Å². The number of anilines is 1. The zero-order valence-corrected chi connectivity index (χ0v) is 12.9. The highest BCUT2D eigenvalue weighted by Gasteiger charge is 2.33. The molecule has 2 aromatic rings. The lowest BCUT2D eigenvalue weighted by molar-refractivity contribution is 0.402. The van der Waals surface area contributed by atoms with Gasteiger partial charge in [0.1, 0.15) is 16.5 Å². The van der Waals surface area contributed by atoms with Crippen LogP contribution >= 0.6 is 0 Å². The number of aryl methyl sites for hydroxylation is 1. The summed E-state index contributed by atoms with van der Waals surface area (Å²) in [6.07, 6.45) is 1.33. The van der Waals surface area contributed by atoms with Gasteiger partial charge in [0.2, 0.25) is 0 Å². The van der Waals surface area contributed by atoms with Gasteiger partial charge in [-0.05, 0) is 36.6 Å². The van der Waals surface area contributed by atoms with Crippen LogP contribution in [-0.2, 0) is 16.4 Å². The molecule has 0 atom stereocenters. The molecule has 0 aromatic heterocycles. The normalized spacial score (nSPS) is 14.5. The molecule has 4 nitrogen and oxygen atoms in total. The van der Waals surface area contributed by atoms with Crippen LogP contribution in [0.15, 0.2) is 47.4 Å². The largest absolute Gasteiger partial charge is 0.495 e. The number of benzene rings is 2. The average molecular weight is 321 g/mol. The van der Waals surface area contributed by atoms with E-state index < -0.39 is 15.8 Å². The van der Waals surface area contributed by atoms with E-state index in [0.717, 1.165) is 4.31 Å². The summed E-state index contributed by atoms with van der Waals surface area (Å²) >= 11 is 0. The number of methoxy groups -OCH3 is 1. The van der Waals surface area contributed by atoms with Gasteiger partial charge >= 0.3 is 0 Å². The lowest BCUT2D eigenvalue weighted by Crippen LogP contribution is -2.36. The fraction of sp³-hybridized carbons (Fsp3) is 0.250. The number of rotatable bonds is 3. The maximum Gasteiger partial charge on any atom is 0.268 e. The maximum absolute atomic E-state index is 14.2. The molecule has 22 heavy (non-hydrogen) atoms. The Kier molecular flexibility index (Phi) is 3.78. The van der Waals surface area contributed by atoms with E-state index in [9.17, 15) is 12.8 Å². The van der Waals surface area contributed by atoms with E-state index in [0.29, 0.717) is 18.4 Å². The highest BCUT2D eigenvalue weighted by atomic mass is 32.2. The molecular formula is C16H16FNO3S. The van der Waals surface area contributed by atoms with Crippen molar-refractivity contribution in [3.8, 4) is 5.75 Å². The lowest BCUT2D eigenvalue weighted by Gasteiger charge is -2.31. The van der Waals surface area contributed by atoms with Crippen LogP contribution in [0.2, 0.25) is 0 Å². The monoisotopic (exact) mass is 321 g/mol. The minimum Gasteiger partial charge on any atom is -0.495 e. The Labute approximate surface area is 129 Å². The minimum absolute atomic E-state index is 0.0496. The van der Waals surface area contributed by atoms with Crippen LogP contribution in [0.25, 0.3) is 0 Å². The molecule has 0 bridgehead atoms. The van der Waals surface area contributed by atoms with Crippen molar-refractivity contribution in [1.29, 1.82) is 0 Å². The molecular weight excluding hydrogens is 305 g/mol. The number of halogens is 1. The summed E-state index contributed by atoms with van der Waals surface area (Å²) in [5.41, 5.74) is 0.865. The van der Waals surface area contributed by atoms with Gasteiger partial charge in [0.15, 0.2) is 0 Å². The molecule has 0 radical (unpaired) electrons. The molecule has 0 saturated heterocycles. The molecule has 6 heteroatoms. The highest BCUT2D eigenvalue weighted by Crippen LogP contribution is 2.36. The van der Waals surface area contributed by atoms with E-state index in [1.165, 1.54) is 19.2 Å². The third-order valence-corrected chi connectivity index (χ3v) is 5.60. The first-order valence-electron chi connectivity index (χ1n) is 6.99. The minimum atomic E-state index is -3.87. The van der Waals surface area contributed by atoms with Crippen molar-refractivity contribution in [2.24, 2.45) is 0 Å². The van der Waals surface area contributed by atoms with Gasteiger partial charge in [0.25, 0.3) is 10.0 Å². The third-order valence-electron chi connectivity index (χ3n) is 3.76. The summed E-state index contributed by atoms with van der Waals surface area (Å²) < 4.78 is 46.4. The molecule has 3 rings (SSSR count). The van der Waals surface area contributed by atoms with Crippen LogP contribution in [0.5, 0.6) is 5.75 Å². The summed E-state index contributed by atoms with van der Waals surface area (Å²) in [5.74, 6) is -0.262. The first-order chi connectivity index (χ1) is 10.6. The molecule has 1 aliphatic rings. The summed E-state index contributed by atoms with van der Waals surface area (Å²) in [7, 11) is -2.46. The second kappa shape index (κ2) is 5.61. The number of hydrogen-bond acceptors (Lipinski definition) is 3. The summed E-state index contributed by atoms with van der Waals surface area (Å²) in [6, 6.07) is 11.0. The van der Waals surface area contributed by atoms with Crippen molar-refractivity contribution in [3.05, 3.63) is 53.8 Å². The first-order valence-corrected chi connectivity index (χ1v) is 8.43. The molecule has 1 heterocycles. The van der Waals surface area contributed by atoms with E-state index in [2.05, 4.69) is 0 Å². The van der Waals surface area contributed by atoms with E-state index >= 15 is 0 Å². The van der Waals surface area contributed by atoms with Gasteiger partial charge in [-0.1, -0.05) is 24.3 Å². The highest BCUT2D eigenvalue weighted by molar-refractivity contribution is 7.93. The molecule has 2 aromatic carbocycles. The molecule has 0 fully saturated rings. The van der Waals surface area contributed by atoms with Crippen molar-refractivity contribution in [1.82, 2.24) is 0 Å². The van der Waals surface area contributed by atoms with Crippen LogP contribution in [0.3, 0.4) is 0 Å². The van der Waals surface area contributed by atoms with Gasteiger partial charge in [-0.15, -0.1) is 0 Å². The summed E-state index contributed by atoms with van der Waals surface area (Å²) in [4.78, 5) is 0.0496. The number of hydrogen-bond donors (Lipinski definition) is 0. The molecule has 116 valence electrons. The van der Waals surface area contributed by atoms with Crippen molar-refractivity contribution < 1.29 is 17.5 Å². The molecule has 0 amide bonds. The predicted octanol–water partition coefficient (Wildman–Crippen LogP) is 2.98. The zero-order valence-electron chi connectivity index (χ0n) is 12.1. The third kappa shape index (κ3) is 2.33. The summed E-state index contributed by atoms with van der Waals surface area (Å²) in [6.45, 7) is 0.258. The van der Waals surface area contributed by atoms with Crippen molar-refractivity contribution in [3.63, 3.8) is 0 Å².